The summed E-state index contributed by atoms with van der Waals surface area (Å²) in [4.78, 5) is 0. The summed E-state index contributed by atoms with van der Waals surface area (Å²) in [5.41, 5.74) is 0.216. The maximum atomic E-state index is 5.81. The molecule has 1 radical (unpaired) electrons. The van der Waals surface area contributed by atoms with Gasteiger partial charge < -0.3 is 0 Å². The first-order chi connectivity index (χ1) is 5.20. The van der Waals surface area contributed by atoms with E-state index in [0.29, 0.717) is 0 Å². The predicted octanol–water partition coefficient (Wildman–Crippen LogP) is 2.45. The molecule has 2 rings (SSSR count). The van der Waals surface area contributed by atoms with Gasteiger partial charge in [0, 0.05) is 0 Å². The second-order valence-electron chi connectivity index (χ2n) is 3.66. The molecule has 1 atom stereocenters. The Bertz CT molecular complexity index is 187. The van der Waals surface area contributed by atoms with Gasteiger partial charge >= 0.3 is 80.8 Å². The number of rotatable bonds is 2. The second kappa shape index (κ2) is 3.10. The molecule has 2 aliphatic carbocycles. The van der Waals surface area contributed by atoms with Crippen LogP contribution in [-0.2, 0) is 3.73 Å². The fraction of sp³-hybridized carbons (Fsp3) is 1.00. The van der Waals surface area contributed by atoms with Gasteiger partial charge in [-0.15, -0.1) is 0 Å². The van der Waals surface area contributed by atoms with Gasteiger partial charge in [-0.3, -0.25) is 0 Å². The summed E-state index contributed by atoms with van der Waals surface area (Å²) in [5, 5.41) is 0. The normalized spacial score (nSPS) is 43.0. The molecule has 2 saturated carbocycles. The van der Waals surface area contributed by atoms with Crippen LogP contribution in [0.3, 0.4) is 0 Å². The van der Waals surface area contributed by atoms with Gasteiger partial charge in [0.05, 0.1) is 0 Å². The third-order valence-electron chi connectivity index (χ3n) is 2.95. The zero-order valence-corrected chi connectivity index (χ0v) is 9.91. The molecular formula is C7H12AsOS2. The van der Waals surface area contributed by atoms with Crippen molar-refractivity contribution < 1.29 is 3.73 Å². The Kier molecular flexibility index (Phi) is 2.44. The summed E-state index contributed by atoms with van der Waals surface area (Å²) >= 11 is -1.56. The van der Waals surface area contributed by atoms with E-state index in [1.165, 1.54) is 32.1 Å². The number of hydrogen-bond donors (Lipinski definition) is 1. The van der Waals surface area contributed by atoms with Crippen molar-refractivity contribution in [1.82, 2.24) is 0 Å². The van der Waals surface area contributed by atoms with Crippen molar-refractivity contribution in [3.05, 3.63) is 0 Å². The van der Waals surface area contributed by atoms with E-state index < -0.39 is 12.2 Å². The van der Waals surface area contributed by atoms with Crippen LogP contribution in [0.5, 0.6) is 0 Å². The van der Waals surface area contributed by atoms with Crippen molar-refractivity contribution in [3.8, 4) is 0 Å². The van der Waals surface area contributed by atoms with Crippen molar-refractivity contribution in [2.75, 3.05) is 0 Å². The quantitative estimate of drug-likeness (QED) is 0.596. The fourth-order valence-corrected chi connectivity index (χ4v) is 5.39. The third-order valence-corrected chi connectivity index (χ3v) is 4.90. The molecule has 63 valence electrons. The van der Waals surface area contributed by atoms with Crippen molar-refractivity contribution >= 4 is 33.4 Å². The zero-order chi connectivity index (χ0) is 7.90. The number of hydrogen-bond acceptors (Lipinski definition) is 2. The first kappa shape index (κ1) is 8.68. The van der Waals surface area contributed by atoms with E-state index in [9.17, 15) is 0 Å². The molecule has 0 aromatic carbocycles. The molecule has 4 heteroatoms. The zero-order valence-electron chi connectivity index (χ0n) is 6.32. The Morgan fingerprint density at radius 1 is 1.45 bits per heavy atom. The second-order valence-corrected chi connectivity index (χ2v) is 10.1. The topological polar surface area (TPSA) is 9.23 Å². The van der Waals surface area contributed by atoms with Gasteiger partial charge in [0.2, 0.25) is 0 Å². The summed E-state index contributed by atoms with van der Waals surface area (Å²) in [6, 6.07) is 0. The molecule has 0 N–H and O–H groups in total. The average Bonchev–Trinajstić information content (AvgIpc) is 2.43. The molecule has 0 aliphatic heterocycles. The monoisotopic (exact) mass is 251 g/mol. The molecule has 2 fully saturated rings. The SMILES string of the molecule is S=[As](S)OC12CCC(CC1)C2. The van der Waals surface area contributed by atoms with E-state index in [-0.39, 0.29) is 5.60 Å². The van der Waals surface area contributed by atoms with Gasteiger partial charge in [-0.1, -0.05) is 0 Å². The van der Waals surface area contributed by atoms with Gasteiger partial charge in [0.1, 0.15) is 0 Å². The van der Waals surface area contributed by atoms with E-state index >= 15 is 0 Å². The van der Waals surface area contributed by atoms with Crippen LogP contribution in [0.25, 0.3) is 0 Å². The first-order valence-corrected chi connectivity index (χ1v) is 10.4. The van der Waals surface area contributed by atoms with Gasteiger partial charge in [0.25, 0.3) is 0 Å². The number of fused-ring (bicyclic) bond motifs is 2. The summed E-state index contributed by atoms with van der Waals surface area (Å²) in [6.07, 6.45) is 6.51. The summed E-state index contributed by atoms with van der Waals surface area (Å²) in [7, 11) is 9.30. The molecule has 2 aliphatic rings. The van der Waals surface area contributed by atoms with E-state index in [0.717, 1.165) is 5.92 Å². The Morgan fingerprint density at radius 3 is 2.45 bits per heavy atom. The third kappa shape index (κ3) is 1.72. The fourth-order valence-electron chi connectivity index (χ4n) is 2.43. The van der Waals surface area contributed by atoms with Crippen LogP contribution in [0, 0.1) is 5.92 Å². The summed E-state index contributed by atoms with van der Waals surface area (Å²) in [5.74, 6) is 0.951. The van der Waals surface area contributed by atoms with Gasteiger partial charge in [0.15, 0.2) is 0 Å². The van der Waals surface area contributed by atoms with Crippen LogP contribution >= 0.6 is 21.3 Å². The van der Waals surface area contributed by atoms with Crippen molar-refractivity contribution in [3.63, 3.8) is 0 Å². The molecule has 0 aromatic heterocycles. The van der Waals surface area contributed by atoms with E-state index in [4.69, 9.17) is 14.1 Å². The van der Waals surface area contributed by atoms with Gasteiger partial charge in [-0.2, -0.15) is 0 Å². The number of thiol groups is 1. The van der Waals surface area contributed by atoms with Crippen LogP contribution in [0.15, 0.2) is 0 Å². The average molecular weight is 251 g/mol. The molecule has 2 bridgehead atoms. The Morgan fingerprint density at radius 2 is 2.09 bits per heavy atom. The molecule has 11 heavy (non-hydrogen) atoms. The molecule has 0 amide bonds. The first-order valence-electron chi connectivity index (χ1n) is 4.05. The van der Waals surface area contributed by atoms with Crippen LogP contribution in [0.1, 0.15) is 32.1 Å². The van der Waals surface area contributed by atoms with E-state index in [1.54, 1.807) is 0 Å². The minimum atomic E-state index is -1.56. The molecule has 0 saturated heterocycles. The van der Waals surface area contributed by atoms with Crippen molar-refractivity contribution in [1.29, 1.82) is 0 Å². The van der Waals surface area contributed by atoms with Crippen LogP contribution < -0.4 is 0 Å². The van der Waals surface area contributed by atoms with Crippen molar-refractivity contribution in [2.24, 2.45) is 5.92 Å². The van der Waals surface area contributed by atoms with Gasteiger partial charge in [-0.05, 0) is 0 Å². The maximum absolute atomic E-state index is 5.81. The molecule has 0 aromatic rings. The molecule has 0 heterocycles. The molecule has 1 unspecified atom stereocenters. The standard InChI is InChI=1S/C7H12AsOS2/c10-8(11)9-7-3-1-6(5-7)2-4-7/h6H,1-5H2,(H,10,11). The van der Waals surface area contributed by atoms with Crippen LogP contribution in [0.4, 0.5) is 0 Å². The Hall–Kier alpha value is 1.09. The summed E-state index contributed by atoms with van der Waals surface area (Å²) < 4.78 is 5.81. The Labute approximate surface area is 80.7 Å². The molecular weight excluding hydrogens is 239 g/mol. The van der Waals surface area contributed by atoms with Crippen LogP contribution in [0.2, 0.25) is 0 Å². The summed E-state index contributed by atoms with van der Waals surface area (Å²) in [6.45, 7) is 0. The Balaban J connectivity index is 2.05. The van der Waals surface area contributed by atoms with Gasteiger partial charge in [-0.25, -0.2) is 0 Å². The van der Waals surface area contributed by atoms with Crippen molar-refractivity contribution in [2.45, 2.75) is 37.7 Å². The van der Waals surface area contributed by atoms with E-state index in [2.05, 4.69) is 10.9 Å². The van der Waals surface area contributed by atoms with Crippen LogP contribution in [-0.4, -0.2) is 17.8 Å². The van der Waals surface area contributed by atoms with E-state index in [1.807, 2.05) is 0 Å². The minimum absolute atomic E-state index is 0.216. The predicted molar refractivity (Wildman–Crippen MR) is 52.7 cm³/mol. The molecule has 1 nitrogen and oxygen atoms in total. The molecule has 0 spiro atoms.